The predicted molar refractivity (Wildman–Crippen MR) is 61.8 cm³/mol. The van der Waals surface area contributed by atoms with Crippen molar-refractivity contribution >= 4 is 5.97 Å². The van der Waals surface area contributed by atoms with Gasteiger partial charge in [-0.1, -0.05) is 0 Å². The van der Waals surface area contributed by atoms with Gasteiger partial charge >= 0.3 is 5.97 Å². The van der Waals surface area contributed by atoms with Crippen molar-refractivity contribution in [3.8, 4) is 17.0 Å². The number of hydrogen-bond donors (Lipinski definition) is 1. The van der Waals surface area contributed by atoms with Gasteiger partial charge in [0.15, 0.2) is 11.6 Å². The molecule has 1 heterocycles. The lowest BCUT2D eigenvalue weighted by atomic mass is 10.1. The van der Waals surface area contributed by atoms with Crippen LogP contribution in [0.25, 0.3) is 11.3 Å². The molecule has 0 fully saturated rings. The van der Waals surface area contributed by atoms with Gasteiger partial charge in [-0.3, -0.25) is 0 Å². The summed E-state index contributed by atoms with van der Waals surface area (Å²) < 4.78 is 36.4. The fourth-order valence-corrected chi connectivity index (χ4v) is 1.55. The largest absolute Gasteiger partial charge is 0.494 e. The summed E-state index contributed by atoms with van der Waals surface area (Å²) in [4.78, 5) is 17.5. The van der Waals surface area contributed by atoms with Gasteiger partial charge in [-0.15, -0.1) is 0 Å². The molecular formula is C12H10F2N2O3. The third kappa shape index (κ3) is 2.40. The highest BCUT2D eigenvalue weighted by molar-refractivity contribution is 5.86. The summed E-state index contributed by atoms with van der Waals surface area (Å²) in [6, 6.07) is 1.88. The lowest BCUT2D eigenvalue weighted by Crippen LogP contribution is -2.03. The SMILES string of the molecule is COC(=O)c1ncc(-c2cc(F)c(OC)cc2F)[nH]1. The minimum absolute atomic E-state index is 0.0547. The molecule has 1 N–H and O–H groups in total. The number of ether oxygens (including phenoxy) is 2. The number of halogens is 2. The molecule has 0 aliphatic carbocycles. The van der Waals surface area contributed by atoms with Crippen LogP contribution >= 0.6 is 0 Å². The van der Waals surface area contributed by atoms with Crippen molar-refractivity contribution in [2.24, 2.45) is 0 Å². The van der Waals surface area contributed by atoms with Crippen molar-refractivity contribution in [3.63, 3.8) is 0 Å². The summed E-state index contributed by atoms with van der Waals surface area (Å²) in [5.74, 6) is -2.39. The van der Waals surface area contributed by atoms with Gasteiger partial charge in [0.2, 0.25) is 5.82 Å². The summed E-state index contributed by atoms with van der Waals surface area (Å²) in [6.07, 6.45) is 1.22. The van der Waals surface area contributed by atoms with E-state index in [1.54, 1.807) is 0 Å². The zero-order chi connectivity index (χ0) is 14.0. The van der Waals surface area contributed by atoms with Gasteiger partial charge in [0.05, 0.1) is 26.1 Å². The molecule has 0 atom stereocenters. The second-order valence-electron chi connectivity index (χ2n) is 3.60. The minimum atomic E-state index is -0.715. The number of methoxy groups -OCH3 is 2. The van der Waals surface area contributed by atoms with E-state index in [9.17, 15) is 13.6 Å². The zero-order valence-electron chi connectivity index (χ0n) is 10.2. The maximum Gasteiger partial charge on any atom is 0.374 e. The van der Waals surface area contributed by atoms with Gasteiger partial charge in [-0.25, -0.2) is 18.6 Å². The Morgan fingerprint density at radius 2 is 2.00 bits per heavy atom. The Morgan fingerprint density at radius 3 is 2.63 bits per heavy atom. The number of benzene rings is 1. The number of aromatic nitrogens is 2. The fourth-order valence-electron chi connectivity index (χ4n) is 1.55. The molecule has 5 nitrogen and oxygen atoms in total. The first-order valence-electron chi connectivity index (χ1n) is 5.23. The number of H-pyrrole nitrogens is 1. The van der Waals surface area contributed by atoms with Gasteiger partial charge in [0.25, 0.3) is 0 Å². The number of hydrogen-bond acceptors (Lipinski definition) is 4. The van der Waals surface area contributed by atoms with E-state index >= 15 is 0 Å². The lowest BCUT2D eigenvalue weighted by molar-refractivity contribution is 0.0588. The quantitative estimate of drug-likeness (QED) is 0.866. The van der Waals surface area contributed by atoms with Crippen molar-refractivity contribution in [1.29, 1.82) is 0 Å². The van der Waals surface area contributed by atoms with E-state index in [-0.39, 0.29) is 22.8 Å². The molecule has 0 unspecified atom stereocenters. The molecule has 2 aromatic rings. The summed E-state index contributed by atoms with van der Waals surface area (Å²) >= 11 is 0. The number of carbonyl (C=O) groups excluding carboxylic acids is 1. The fraction of sp³-hybridized carbons (Fsp3) is 0.167. The number of imidazole rings is 1. The number of esters is 1. The highest BCUT2D eigenvalue weighted by Gasteiger charge is 2.16. The van der Waals surface area contributed by atoms with Crippen LogP contribution in [0.1, 0.15) is 10.6 Å². The first kappa shape index (κ1) is 13.0. The van der Waals surface area contributed by atoms with Crippen LogP contribution in [0.15, 0.2) is 18.3 Å². The van der Waals surface area contributed by atoms with E-state index in [1.165, 1.54) is 20.4 Å². The maximum atomic E-state index is 13.8. The maximum absolute atomic E-state index is 13.8. The highest BCUT2D eigenvalue weighted by atomic mass is 19.1. The van der Waals surface area contributed by atoms with Crippen LogP contribution in [0.2, 0.25) is 0 Å². The normalized spacial score (nSPS) is 10.3. The first-order chi connectivity index (χ1) is 9.06. The second-order valence-corrected chi connectivity index (χ2v) is 3.60. The van der Waals surface area contributed by atoms with Gasteiger partial charge < -0.3 is 14.5 Å². The molecule has 19 heavy (non-hydrogen) atoms. The summed E-state index contributed by atoms with van der Waals surface area (Å²) in [5, 5.41) is 0. The van der Waals surface area contributed by atoms with Crippen LogP contribution in [-0.4, -0.2) is 30.2 Å². The third-order valence-corrected chi connectivity index (χ3v) is 2.49. The number of nitrogens with one attached hydrogen (secondary N) is 1. The molecule has 0 aliphatic rings. The molecule has 0 bridgehead atoms. The first-order valence-corrected chi connectivity index (χ1v) is 5.23. The standard InChI is InChI=1S/C12H10F2N2O3/c1-18-10-4-7(13)6(3-8(10)14)9-5-15-11(16-9)12(17)19-2/h3-5H,1-2H3,(H,15,16). The Kier molecular flexibility index (Phi) is 3.46. The average molecular weight is 268 g/mol. The molecule has 2 rings (SSSR count). The minimum Gasteiger partial charge on any atom is -0.494 e. The molecule has 0 spiro atoms. The van der Waals surface area contributed by atoms with E-state index in [1.807, 2.05) is 0 Å². The van der Waals surface area contributed by atoms with E-state index < -0.39 is 17.6 Å². The molecule has 0 saturated carbocycles. The van der Waals surface area contributed by atoms with E-state index in [2.05, 4.69) is 19.4 Å². The molecule has 0 saturated heterocycles. The van der Waals surface area contributed by atoms with Crippen LogP contribution in [0, 0.1) is 11.6 Å². The Hall–Kier alpha value is -2.44. The molecule has 1 aromatic carbocycles. The molecule has 1 aromatic heterocycles. The van der Waals surface area contributed by atoms with Crippen LogP contribution in [0.5, 0.6) is 5.75 Å². The molecular weight excluding hydrogens is 258 g/mol. The number of nitrogens with zero attached hydrogens (tertiary/aromatic N) is 1. The molecule has 7 heteroatoms. The monoisotopic (exact) mass is 268 g/mol. The van der Waals surface area contributed by atoms with E-state index in [4.69, 9.17) is 0 Å². The Bertz CT molecular complexity index is 625. The third-order valence-electron chi connectivity index (χ3n) is 2.49. The average Bonchev–Trinajstić information content (AvgIpc) is 2.89. The number of carbonyl (C=O) groups is 1. The van der Waals surface area contributed by atoms with Gasteiger partial charge in [-0.05, 0) is 6.07 Å². The lowest BCUT2D eigenvalue weighted by Gasteiger charge is -2.05. The van der Waals surface area contributed by atoms with Gasteiger partial charge in [-0.2, -0.15) is 0 Å². The summed E-state index contributed by atoms with van der Waals surface area (Å²) in [6.45, 7) is 0. The summed E-state index contributed by atoms with van der Waals surface area (Å²) in [7, 11) is 2.43. The van der Waals surface area contributed by atoms with Crippen LogP contribution < -0.4 is 4.74 Å². The molecule has 100 valence electrons. The zero-order valence-corrected chi connectivity index (χ0v) is 10.2. The smallest absolute Gasteiger partial charge is 0.374 e. The number of aromatic amines is 1. The topological polar surface area (TPSA) is 64.2 Å². The van der Waals surface area contributed by atoms with Crippen molar-refractivity contribution in [1.82, 2.24) is 9.97 Å². The van der Waals surface area contributed by atoms with Crippen molar-refractivity contribution in [2.45, 2.75) is 0 Å². The molecule has 0 aliphatic heterocycles. The van der Waals surface area contributed by atoms with Gasteiger partial charge in [0, 0.05) is 11.6 Å². The summed E-state index contributed by atoms with van der Waals surface area (Å²) in [5.41, 5.74) is 0.111. The molecule has 0 radical (unpaired) electrons. The van der Waals surface area contributed by atoms with Gasteiger partial charge in [0.1, 0.15) is 5.82 Å². The van der Waals surface area contributed by atoms with Crippen molar-refractivity contribution in [2.75, 3.05) is 14.2 Å². The van der Waals surface area contributed by atoms with Crippen LogP contribution in [0.4, 0.5) is 8.78 Å². The van der Waals surface area contributed by atoms with E-state index in [0.29, 0.717) is 0 Å². The highest BCUT2D eigenvalue weighted by Crippen LogP contribution is 2.27. The number of rotatable bonds is 3. The van der Waals surface area contributed by atoms with Crippen LogP contribution in [0.3, 0.4) is 0 Å². The van der Waals surface area contributed by atoms with Crippen molar-refractivity contribution < 1.29 is 23.0 Å². The molecule has 0 amide bonds. The second kappa shape index (κ2) is 5.05. The Balaban J connectivity index is 2.44. The van der Waals surface area contributed by atoms with Crippen LogP contribution in [-0.2, 0) is 4.74 Å². The van der Waals surface area contributed by atoms with Crippen molar-refractivity contribution in [3.05, 3.63) is 35.8 Å². The Labute approximate surface area is 107 Å². The Morgan fingerprint density at radius 1 is 1.26 bits per heavy atom. The predicted octanol–water partition coefficient (Wildman–Crippen LogP) is 2.15. The van der Waals surface area contributed by atoms with E-state index in [0.717, 1.165) is 12.1 Å².